The van der Waals surface area contributed by atoms with Crippen LogP contribution in [0.3, 0.4) is 0 Å². The van der Waals surface area contributed by atoms with Gasteiger partial charge >= 0.3 is 0 Å². The van der Waals surface area contributed by atoms with Gasteiger partial charge in [0.1, 0.15) is 5.75 Å². The van der Waals surface area contributed by atoms with E-state index >= 15 is 0 Å². The number of carbonyl (C=O) groups excluding carboxylic acids is 2. The Labute approximate surface area is 157 Å². The summed E-state index contributed by atoms with van der Waals surface area (Å²) in [6.07, 6.45) is 0.955. The van der Waals surface area contributed by atoms with E-state index in [1.165, 1.54) is 0 Å². The predicted molar refractivity (Wildman–Crippen MR) is 101 cm³/mol. The normalized spacial score (nSPS) is 16.6. The van der Waals surface area contributed by atoms with Crippen LogP contribution >= 0.6 is 11.6 Å². The van der Waals surface area contributed by atoms with Gasteiger partial charge in [0.05, 0.1) is 23.7 Å². The molecule has 0 spiro atoms. The van der Waals surface area contributed by atoms with E-state index in [-0.39, 0.29) is 24.2 Å². The van der Waals surface area contributed by atoms with E-state index in [1.54, 1.807) is 30.2 Å². The number of methoxy groups -OCH3 is 1. The second-order valence-corrected chi connectivity index (χ2v) is 6.72. The molecule has 3 rings (SSSR count). The molecule has 2 amide bonds. The van der Waals surface area contributed by atoms with Crippen LogP contribution in [0.2, 0.25) is 5.02 Å². The first-order valence-corrected chi connectivity index (χ1v) is 8.90. The fourth-order valence-corrected chi connectivity index (χ4v) is 3.24. The third kappa shape index (κ3) is 4.35. The van der Waals surface area contributed by atoms with Crippen LogP contribution < -0.4 is 10.1 Å². The maximum absolute atomic E-state index is 12.5. The highest BCUT2D eigenvalue weighted by Gasteiger charge is 2.34. The van der Waals surface area contributed by atoms with Gasteiger partial charge < -0.3 is 15.0 Å². The topological polar surface area (TPSA) is 58.6 Å². The molecule has 6 heteroatoms. The number of carbonyl (C=O) groups is 2. The van der Waals surface area contributed by atoms with Gasteiger partial charge in [-0.05, 0) is 36.2 Å². The van der Waals surface area contributed by atoms with E-state index in [2.05, 4.69) is 5.32 Å². The molecule has 1 fully saturated rings. The molecule has 0 aliphatic carbocycles. The largest absolute Gasteiger partial charge is 0.497 e. The number of hydrogen-bond donors (Lipinski definition) is 1. The molecule has 2 aromatic carbocycles. The van der Waals surface area contributed by atoms with Crippen molar-refractivity contribution in [1.82, 2.24) is 4.90 Å². The Hall–Kier alpha value is -2.53. The van der Waals surface area contributed by atoms with Gasteiger partial charge in [-0.1, -0.05) is 35.9 Å². The number of amides is 2. The van der Waals surface area contributed by atoms with Crippen LogP contribution in [-0.2, 0) is 16.0 Å². The number of nitrogens with one attached hydrogen (secondary N) is 1. The van der Waals surface area contributed by atoms with Crippen LogP contribution in [0.25, 0.3) is 0 Å². The average Bonchev–Trinajstić information content (AvgIpc) is 3.03. The van der Waals surface area contributed by atoms with Crippen molar-refractivity contribution in [3.8, 4) is 5.75 Å². The fourth-order valence-electron chi connectivity index (χ4n) is 3.05. The summed E-state index contributed by atoms with van der Waals surface area (Å²) < 4.78 is 5.22. The molecule has 26 heavy (non-hydrogen) atoms. The van der Waals surface area contributed by atoms with Crippen molar-refractivity contribution in [2.45, 2.75) is 12.8 Å². The van der Waals surface area contributed by atoms with Crippen molar-refractivity contribution in [2.24, 2.45) is 5.92 Å². The number of hydrogen-bond acceptors (Lipinski definition) is 3. The molecule has 0 aromatic heterocycles. The van der Waals surface area contributed by atoms with Crippen LogP contribution in [0, 0.1) is 5.92 Å². The lowest BCUT2D eigenvalue weighted by molar-refractivity contribution is -0.128. The summed E-state index contributed by atoms with van der Waals surface area (Å²) >= 11 is 6.07. The summed E-state index contributed by atoms with van der Waals surface area (Å²) in [6, 6.07) is 14.9. The van der Waals surface area contributed by atoms with Crippen molar-refractivity contribution >= 4 is 29.1 Å². The summed E-state index contributed by atoms with van der Waals surface area (Å²) in [7, 11) is 1.63. The summed E-state index contributed by atoms with van der Waals surface area (Å²) in [4.78, 5) is 26.4. The fraction of sp³-hybridized carbons (Fsp3) is 0.300. The van der Waals surface area contributed by atoms with Crippen molar-refractivity contribution in [3.05, 3.63) is 59.1 Å². The van der Waals surface area contributed by atoms with Gasteiger partial charge in [-0.15, -0.1) is 0 Å². The number of ether oxygens (including phenoxy) is 1. The Morgan fingerprint density at radius 1 is 1.27 bits per heavy atom. The van der Waals surface area contributed by atoms with Crippen molar-refractivity contribution in [1.29, 1.82) is 0 Å². The first-order valence-electron chi connectivity index (χ1n) is 8.53. The van der Waals surface area contributed by atoms with E-state index < -0.39 is 0 Å². The molecule has 1 aliphatic heterocycles. The number of likely N-dealkylation sites (tertiary alicyclic amines) is 1. The Kier molecular flexibility index (Phi) is 5.78. The maximum Gasteiger partial charge on any atom is 0.229 e. The van der Waals surface area contributed by atoms with Crippen LogP contribution in [-0.4, -0.2) is 36.9 Å². The van der Waals surface area contributed by atoms with Crippen LogP contribution in [0.1, 0.15) is 12.0 Å². The van der Waals surface area contributed by atoms with Crippen LogP contribution in [0.5, 0.6) is 5.75 Å². The SMILES string of the molecule is COc1cccc(CCN2CC(C(=O)Nc3ccccc3Cl)CC2=O)c1. The minimum atomic E-state index is -0.357. The molecular weight excluding hydrogens is 352 g/mol. The second kappa shape index (κ2) is 8.23. The highest BCUT2D eigenvalue weighted by Crippen LogP contribution is 2.24. The Morgan fingerprint density at radius 2 is 2.08 bits per heavy atom. The van der Waals surface area contributed by atoms with Gasteiger partial charge in [-0.3, -0.25) is 9.59 Å². The lowest BCUT2D eigenvalue weighted by Gasteiger charge is -2.17. The second-order valence-electron chi connectivity index (χ2n) is 6.31. The Morgan fingerprint density at radius 3 is 2.85 bits per heavy atom. The smallest absolute Gasteiger partial charge is 0.229 e. The predicted octanol–water partition coefficient (Wildman–Crippen LogP) is 3.38. The monoisotopic (exact) mass is 372 g/mol. The molecule has 0 radical (unpaired) electrons. The molecule has 136 valence electrons. The molecule has 1 atom stereocenters. The van der Waals surface area contributed by atoms with Crippen LogP contribution in [0.15, 0.2) is 48.5 Å². The zero-order chi connectivity index (χ0) is 18.5. The van der Waals surface area contributed by atoms with Crippen molar-refractivity contribution < 1.29 is 14.3 Å². The number of nitrogens with zero attached hydrogens (tertiary/aromatic N) is 1. The van der Waals surface area contributed by atoms with E-state index in [0.29, 0.717) is 23.8 Å². The average molecular weight is 373 g/mol. The molecule has 0 saturated carbocycles. The maximum atomic E-state index is 12.5. The third-order valence-corrected chi connectivity index (χ3v) is 4.85. The van der Waals surface area contributed by atoms with E-state index in [4.69, 9.17) is 16.3 Å². The lowest BCUT2D eigenvalue weighted by atomic mass is 10.1. The van der Waals surface area contributed by atoms with Gasteiger partial charge in [0.25, 0.3) is 0 Å². The number of rotatable bonds is 6. The number of para-hydroxylation sites is 1. The first-order chi connectivity index (χ1) is 12.6. The summed E-state index contributed by atoms with van der Waals surface area (Å²) in [5.41, 5.74) is 1.67. The van der Waals surface area contributed by atoms with Crippen molar-refractivity contribution in [2.75, 3.05) is 25.5 Å². The molecule has 1 aliphatic rings. The zero-order valence-electron chi connectivity index (χ0n) is 14.6. The van der Waals surface area contributed by atoms with Crippen molar-refractivity contribution in [3.63, 3.8) is 0 Å². The highest BCUT2D eigenvalue weighted by atomic mass is 35.5. The number of anilines is 1. The van der Waals surface area contributed by atoms with Crippen LogP contribution in [0.4, 0.5) is 5.69 Å². The number of benzene rings is 2. The van der Waals surface area contributed by atoms with E-state index in [0.717, 1.165) is 17.7 Å². The first kappa shape index (κ1) is 18.3. The third-order valence-electron chi connectivity index (χ3n) is 4.52. The molecule has 0 bridgehead atoms. The quantitative estimate of drug-likeness (QED) is 0.845. The lowest BCUT2D eigenvalue weighted by Crippen LogP contribution is -2.30. The molecule has 1 heterocycles. The Bertz CT molecular complexity index is 809. The minimum absolute atomic E-state index is 0.00667. The highest BCUT2D eigenvalue weighted by molar-refractivity contribution is 6.33. The standard InChI is InChI=1S/C20H21ClN2O3/c1-26-16-6-4-5-14(11-16)9-10-23-13-15(12-19(23)24)20(25)22-18-8-3-2-7-17(18)21/h2-8,11,15H,9-10,12-13H2,1H3,(H,22,25). The van der Waals surface area contributed by atoms with Gasteiger partial charge in [0.15, 0.2) is 0 Å². The molecule has 5 nitrogen and oxygen atoms in total. The van der Waals surface area contributed by atoms with Gasteiger partial charge in [-0.25, -0.2) is 0 Å². The zero-order valence-corrected chi connectivity index (χ0v) is 15.3. The summed E-state index contributed by atoms with van der Waals surface area (Å²) in [5, 5.41) is 3.30. The molecular formula is C20H21ClN2O3. The van der Waals surface area contributed by atoms with Gasteiger partial charge in [0, 0.05) is 19.5 Å². The molecule has 2 aromatic rings. The van der Waals surface area contributed by atoms with E-state index in [9.17, 15) is 9.59 Å². The molecule has 1 N–H and O–H groups in total. The molecule has 1 unspecified atom stereocenters. The van der Waals surface area contributed by atoms with Gasteiger partial charge in [0.2, 0.25) is 11.8 Å². The summed E-state index contributed by atoms with van der Waals surface area (Å²) in [5.74, 6) is 0.277. The van der Waals surface area contributed by atoms with E-state index in [1.807, 2.05) is 30.3 Å². The Balaban J connectivity index is 1.56. The summed E-state index contributed by atoms with van der Waals surface area (Å²) in [6.45, 7) is 1.01. The molecule has 1 saturated heterocycles. The minimum Gasteiger partial charge on any atom is -0.497 e. The number of halogens is 1. The van der Waals surface area contributed by atoms with Gasteiger partial charge in [-0.2, -0.15) is 0 Å².